The van der Waals surface area contributed by atoms with Crippen molar-refractivity contribution in [3.8, 4) is 69.0 Å². The first-order chi connectivity index (χ1) is 26.4. The molecule has 0 saturated heterocycles. The van der Waals surface area contributed by atoms with Gasteiger partial charge in [0.15, 0.2) is 34.6 Å². The molecule has 8 rings (SSSR count). The lowest BCUT2D eigenvalue weighted by Crippen LogP contribution is -2.66. The number of hydrogen-bond donors (Lipinski definition) is 6. The molecule has 0 fully saturated rings. The maximum absolute atomic E-state index is 15.8. The van der Waals surface area contributed by atoms with Crippen molar-refractivity contribution < 1.29 is 68.6 Å². The normalized spacial score (nSPS) is 22.2. The highest BCUT2D eigenvalue weighted by Gasteiger charge is 2.68. The Morgan fingerprint density at radius 1 is 0.536 bits per heavy atom. The van der Waals surface area contributed by atoms with Crippen LogP contribution in [0.4, 0.5) is 0 Å². The second kappa shape index (κ2) is 11.9. The molecule has 56 heavy (non-hydrogen) atoms. The SMILES string of the molecule is COc1c(O)cc([C@@]2([C@]3(c4cc(O)c(OC)c(O)c4)COc4c5c(cc(O)c4C3=O)OC(C)(C)C=C5)COc3c4c(cc(O)c3C2=O)OC(C)(C)C=C4)cc1O. The predicted molar refractivity (Wildman–Crippen MR) is 199 cm³/mol. The van der Waals surface area contributed by atoms with Crippen molar-refractivity contribution in [1.29, 1.82) is 0 Å². The standard InChI is InChI=1S/C42H38O14/c1-39(2)9-7-21-29(55-39)15-23(43)31-33(21)53-17-41(37(31)49,19-11-25(45)35(51-5)26(46)12-19)42(20-13-27(47)36(52-6)28(48)14-20)18-54-34-22-8-10-40(3,4)56-30(22)16-24(44)32(34)38(42)50/h7-16,43-48H,17-18H2,1-6H3/t41-,42-/m0/s1. The quantitative estimate of drug-likeness (QED) is 0.137. The van der Waals surface area contributed by atoms with Crippen molar-refractivity contribution in [2.75, 3.05) is 27.4 Å². The number of benzene rings is 4. The average Bonchev–Trinajstić information content (AvgIpc) is 3.10. The number of Topliss-reactive ketones (excluding diaryl/α,β-unsaturated/α-hetero) is 2. The first-order valence-electron chi connectivity index (χ1n) is 17.5. The Balaban J connectivity index is 1.49. The number of phenols is 6. The van der Waals surface area contributed by atoms with Gasteiger partial charge in [-0.15, -0.1) is 0 Å². The van der Waals surface area contributed by atoms with E-state index in [1.165, 1.54) is 26.4 Å². The zero-order valence-electron chi connectivity index (χ0n) is 31.1. The highest BCUT2D eigenvalue weighted by molar-refractivity contribution is 6.20. The number of carbonyl (C=O) groups excluding carboxylic acids is 2. The summed E-state index contributed by atoms with van der Waals surface area (Å²) in [5, 5.41) is 68.3. The smallest absolute Gasteiger partial charge is 0.202 e. The van der Waals surface area contributed by atoms with Gasteiger partial charge in [0.1, 0.15) is 80.9 Å². The number of phenolic OH excluding ortho intramolecular Hbond substituents is 6. The Bertz CT molecular complexity index is 2260. The zero-order valence-corrected chi connectivity index (χ0v) is 31.1. The van der Waals surface area contributed by atoms with Gasteiger partial charge in [-0.25, -0.2) is 0 Å². The fourth-order valence-corrected chi connectivity index (χ4v) is 8.28. The molecule has 0 aliphatic carbocycles. The van der Waals surface area contributed by atoms with Crippen LogP contribution >= 0.6 is 0 Å². The van der Waals surface area contributed by atoms with Gasteiger partial charge >= 0.3 is 0 Å². The first-order valence-corrected chi connectivity index (χ1v) is 17.5. The summed E-state index contributed by atoms with van der Waals surface area (Å²) in [7, 11) is 2.41. The maximum Gasteiger partial charge on any atom is 0.202 e. The molecule has 4 aliphatic rings. The molecule has 0 spiro atoms. The molecule has 0 aromatic heterocycles. The summed E-state index contributed by atoms with van der Waals surface area (Å²) >= 11 is 0. The van der Waals surface area contributed by atoms with Crippen LogP contribution in [0.25, 0.3) is 12.2 Å². The summed E-state index contributed by atoms with van der Waals surface area (Å²) in [6, 6.07) is 6.90. The minimum absolute atomic E-state index is 0.0729. The fraction of sp³-hybridized carbons (Fsp3) is 0.286. The molecule has 4 aliphatic heterocycles. The van der Waals surface area contributed by atoms with Crippen molar-refractivity contribution in [3.63, 3.8) is 0 Å². The highest BCUT2D eigenvalue weighted by Crippen LogP contribution is 2.61. The van der Waals surface area contributed by atoms with Gasteiger partial charge in [0.05, 0.1) is 25.3 Å². The van der Waals surface area contributed by atoms with Gasteiger partial charge in [-0.05, 0) is 87.4 Å². The van der Waals surface area contributed by atoms with E-state index in [2.05, 4.69) is 0 Å². The summed E-state index contributed by atoms with van der Waals surface area (Å²) < 4.78 is 35.5. The van der Waals surface area contributed by atoms with Gasteiger partial charge in [-0.2, -0.15) is 0 Å². The zero-order chi connectivity index (χ0) is 40.3. The molecule has 0 bridgehead atoms. The van der Waals surface area contributed by atoms with Gasteiger partial charge in [0, 0.05) is 12.1 Å². The van der Waals surface area contributed by atoms with Crippen molar-refractivity contribution in [2.24, 2.45) is 0 Å². The van der Waals surface area contributed by atoms with Crippen LogP contribution in [0.2, 0.25) is 0 Å². The largest absolute Gasteiger partial charge is 0.507 e. The van der Waals surface area contributed by atoms with Crippen molar-refractivity contribution in [1.82, 2.24) is 0 Å². The number of aromatic hydroxyl groups is 6. The van der Waals surface area contributed by atoms with E-state index in [-0.39, 0.29) is 56.8 Å². The minimum Gasteiger partial charge on any atom is -0.507 e. The lowest BCUT2D eigenvalue weighted by Gasteiger charge is -2.52. The molecular formula is C42H38O14. The molecule has 14 nitrogen and oxygen atoms in total. The Morgan fingerprint density at radius 2 is 0.875 bits per heavy atom. The molecule has 14 heteroatoms. The van der Waals surface area contributed by atoms with Crippen molar-refractivity contribution in [2.45, 2.75) is 49.7 Å². The third-order valence-electron chi connectivity index (χ3n) is 10.9. The second-order valence-corrected chi connectivity index (χ2v) is 15.2. The number of rotatable bonds is 5. The van der Waals surface area contributed by atoms with E-state index in [1.807, 2.05) is 0 Å². The summed E-state index contributed by atoms with van der Waals surface area (Å²) in [5.74, 6) is -5.98. The summed E-state index contributed by atoms with van der Waals surface area (Å²) in [6.07, 6.45) is 6.84. The fourth-order valence-electron chi connectivity index (χ4n) is 8.28. The number of methoxy groups -OCH3 is 2. The maximum atomic E-state index is 15.8. The van der Waals surface area contributed by atoms with Crippen molar-refractivity contribution >= 4 is 23.7 Å². The van der Waals surface area contributed by atoms with Crippen LogP contribution in [0.5, 0.6) is 69.0 Å². The van der Waals surface area contributed by atoms with Gasteiger partial charge in [0.2, 0.25) is 11.5 Å². The third-order valence-corrected chi connectivity index (χ3v) is 10.9. The number of fused-ring (bicyclic) bond motifs is 6. The molecular weight excluding hydrogens is 728 g/mol. The molecule has 4 aromatic rings. The van der Waals surface area contributed by atoms with E-state index < -0.39 is 81.3 Å². The number of ether oxygens (including phenoxy) is 6. The lowest BCUT2D eigenvalue weighted by molar-refractivity contribution is 0.0331. The van der Waals surface area contributed by atoms with Gasteiger partial charge in [0.25, 0.3) is 0 Å². The summed E-state index contributed by atoms with van der Waals surface area (Å²) in [5.41, 5.74) is -6.97. The predicted octanol–water partition coefficient (Wildman–Crippen LogP) is 6.03. The molecule has 0 amide bonds. The van der Waals surface area contributed by atoms with E-state index in [4.69, 9.17) is 28.4 Å². The van der Waals surface area contributed by atoms with Gasteiger partial charge in [-0.3, -0.25) is 9.59 Å². The molecule has 290 valence electrons. The molecule has 6 N–H and O–H groups in total. The van der Waals surface area contributed by atoms with Crippen LogP contribution in [-0.2, 0) is 10.8 Å². The van der Waals surface area contributed by atoms with E-state index >= 15 is 9.59 Å². The van der Waals surface area contributed by atoms with E-state index in [0.717, 1.165) is 24.3 Å². The van der Waals surface area contributed by atoms with E-state index in [0.29, 0.717) is 11.1 Å². The summed E-state index contributed by atoms with van der Waals surface area (Å²) in [6.45, 7) is 5.75. The second-order valence-electron chi connectivity index (χ2n) is 15.2. The Morgan fingerprint density at radius 3 is 1.20 bits per heavy atom. The average molecular weight is 767 g/mol. The van der Waals surface area contributed by atoms with Crippen LogP contribution < -0.4 is 28.4 Å². The monoisotopic (exact) mass is 766 g/mol. The van der Waals surface area contributed by atoms with Crippen LogP contribution in [-0.4, -0.2) is 80.8 Å². The van der Waals surface area contributed by atoms with E-state index in [1.54, 1.807) is 52.0 Å². The van der Waals surface area contributed by atoms with Crippen molar-refractivity contribution in [3.05, 3.63) is 81.9 Å². The number of ketones is 2. The van der Waals surface area contributed by atoms with Crippen LogP contribution in [0, 0.1) is 0 Å². The third kappa shape index (κ3) is 4.87. The lowest BCUT2D eigenvalue weighted by atomic mass is 9.51. The van der Waals surface area contributed by atoms with Crippen LogP contribution in [0.3, 0.4) is 0 Å². The summed E-state index contributed by atoms with van der Waals surface area (Å²) in [4.78, 5) is 31.6. The molecule has 0 saturated carbocycles. The van der Waals surface area contributed by atoms with Crippen LogP contribution in [0.1, 0.15) is 70.7 Å². The number of carbonyl (C=O) groups is 2. The Kier molecular flexibility index (Phi) is 7.71. The Labute approximate surface area is 320 Å². The molecule has 4 heterocycles. The number of hydrogen-bond acceptors (Lipinski definition) is 14. The van der Waals surface area contributed by atoms with Gasteiger partial charge < -0.3 is 59.1 Å². The Hall–Kier alpha value is -6.70. The molecule has 2 atom stereocenters. The topological polar surface area (TPSA) is 211 Å². The van der Waals surface area contributed by atoms with Crippen LogP contribution in [0.15, 0.2) is 48.6 Å². The first kappa shape index (κ1) is 36.3. The molecule has 4 aromatic carbocycles. The highest BCUT2D eigenvalue weighted by atomic mass is 16.5. The van der Waals surface area contributed by atoms with E-state index in [9.17, 15) is 30.6 Å². The van der Waals surface area contributed by atoms with Gasteiger partial charge in [-0.1, -0.05) is 0 Å². The molecule has 0 unspecified atom stereocenters. The minimum atomic E-state index is -2.44. The molecule has 0 radical (unpaired) electrons.